The SMILES string of the molecule is CN(Cc1ccc(Cl)s1)c1nccc(CNC2CC2)c1F. The Kier molecular flexibility index (Phi) is 4.42. The van der Waals surface area contributed by atoms with Gasteiger partial charge in [-0.05, 0) is 31.0 Å². The van der Waals surface area contributed by atoms with Gasteiger partial charge in [0.2, 0.25) is 0 Å². The Morgan fingerprint density at radius 3 is 2.90 bits per heavy atom. The third-order valence-electron chi connectivity index (χ3n) is 3.49. The lowest BCUT2D eigenvalue weighted by Crippen LogP contribution is -2.21. The van der Waals surface area contributed by atoms with E-state index in [9.17, 15) is 4.39 Å². The summed E-state index contributed by atoms with van der Waals surface area (Å²) in [5.74, 6) is 0.144. The maximum absolute atomic E-state index is 14.5. The third kappa shape index (κ3) is 3.73. The maximum Gasteiger partial charge on any atom is 0.170 e. The maximum atomic E-state index is 14.5. The number of nitrogens with one attached hydrogen (secondary N) is 1. The summed E-state index contributed by atoms with van der Waals surface area (Å²) < 4.78 is 15.3. The molecule has 0 bridgehead atoms. The molecule has 112 valence electrons. The number of nitrogens with zero attached hydrogens (tertiary/aromatic N) is 2. The molecule has 21 heavy (non-hydrogen) atoms. The van der Waals surface area contributed by atoms with Crippen LogP contribution in [0.3, 0.4) is 0 Å². The summed E-state index contributed by atoms with van der Waals surface area (Å²) in [6.45, 7) is 1.16. The van der Waals surface area contributed by atoms with Crippen molar-refractivity contribution in [3.8, 4) is 0 Å². The van der Waals surface area contributed by atoms with Gasteiger partial charge in [0.25, 0.3) is 0 Å². The van der Waals surface area contributed by atoms with Crippen LogP contribution >= 0.6 is 22.9 Å². The lowest BCUT2D eigenvalue weighted by atomic mass is 10.2. The van der Waals surface area contributed by atoms with Gasteiger partial charge < -0.3 is 10.2 Å². The fraction of sp³-hybridized carbons (Fsp3) is 0.400. The van der Waals surface area contributed by atoms with Crippen molar-refractivity contribution in [3.63, 3.8) is 0 Å². The summed E-state index contributed by atoms with van der Waals surface area (Å²) in [6, 6.07) is 6.12. The second kappa shape index (κ2) is 6.30. The minimum absolute atomic E-state index is 0.240. The van der Waals surface area contributed by atoms with Gasteiger partial charge >= 0.3 is 0 Å². The van der Waals surface area contributed by atoms with E-state index in [1.807, 2.05) is 24.1 Å². The Hall–Kier alpha value is -1.17. The monoisotopic (exact) mass is 325 g/mol. The minimum atomic E-state index is -0.240. The van der Waals surface area contributed by atoms with E-state index >= 15 is 0 Å². The zero-order valence-electron chi connectivity index (χ0n) is 11.8. The van der Waals surface area contributed by atoms with Crippen LogP contribution in [0.5, 0.6) is 0 Å². The number of rotatable bonds is 6. The number of aromatic nitrogens is 1. The molecule has 6 heteroatoms. The topological polar surface area (TPSA) is 28.2 Å². The molecular weight excluding hydrogens is 309 g/mol. The highest BCUT2D eigenvalue weighted by Crippen LogP contribution is 2.26. The summed E-state index contributed by atoms with van der Waals surface area (Å²) >= 11 is 7.43. The Bertz CT molecular complexity index is 627. The van der Waals surface area contributed by atoms with Crippen molar-refractivity contribution in [2.24, 2.45) is 0 Å². The Labute approximate surface area is 132 Å². The highest BCUT2D eigenvalue weighted by Gasteiger charge is 2.21. The minimum Gasteiger partial charge on any atom is -0.352 e. The lowest BCUT2D eigenvalue weighted by Gasteiger charge is -2.19. The van der Waals surface area contributed by atoms with Gasteiger partial charge in [0.1, 0.15) is 0 Å². The molecule has 0 amide bonds. The van der Waals surface area contributed by atoms with E-state index in [0.29, 0.717) is 30.5 Å². The number of pyridine rings is 1. The molecule has 3 nitrogen and oxygen atoms in total. The van der Waals surface area contributed by atoms with Crippen molar-refractivity contribution < 1.29 is 4.39 Å². The highest BCUT2D eigenvalue weighted by molar-refractivity contribution is 7.16. The second-order valence-electron chi connectivity index (χ2n) is 5.32. The largest absolute Gasteiger partial charge is 0.352 e. The Morgan fingerprint density at radius 1 is 1.43 bits per heavy atom. The summed E-state index contributed by atoms with van der Waals surface area (Å²) in [5, 5.41) is 3.33. The lowest BCUT2D eigenvalue weighted by molar-refractivity contribution is 0.577. The van der Waals surface area contributed by atoms with Crippen molar-refractivity contribution in [3.05, 3.63) is 45.0 Å². The molecule has 0 unspecified atom stereocenters. The number of thiophene rings is 1. The van der Waals surface area contributed by atoms with Gasteiger partial charge in [0.05, 0.1) is 10.9 Å². The summed E-state index contributed by atoms with van der Waals surface area (Å²) in [6.07, 6.45) is 4.05. The fourth-order valence-electron chi connectivity index (χ4n) is 2.16. The van der Waals surface area contributed by atoms with Gasteiger partial charge in [-0.1, -0.05) is 11.6 Å². The molecule has 0 aliphatic heterocycles. The quantitative estimate of drug-likeness (QED) is 0.875. The molecule has 0 radical (unpaired) electrons. The van der Waals surface area contributed by atoms with Gasteiger partial charge in [-0.25, -0.2) is 9.37 Å². The van der Waals surface area contributed by atoms with E-state index in [1.54, 1.807) is 12.3 Å². The van der Waals surface area contributed by atoms with Crippen LogP contribution in [0, 0.1) is 5.82 Å². The second-order valence-corrected chi connectivity index (χ2v) is 7.12. The molecule has 3 rings (SSSR count). The Morgan fingerprint density at radius 2 is 2.24 bits per heavy atom. The van der Waals surface area contributed by atoms with E-state index < -0.39 is 0 Å². The summed E-state index contributed by atoms with van der Waals surface area (Å²) in [5.41, 5.74) is 0.669. The third-order valence-corrected chi connectivity index (χ3v) is 4.71. The molecule has 1 aliphatic rings. The van der Waals surface area contributed by atoms with E-state index in [2.05, 4.69) is 10.3 Å². The van der Waals surface area contributed by atoms with Crippen LogP contribution in [0.25, 0.3) is 0 Å². The first-order chi connectivity index (χ1) is 10.1. The zero-order chi connectivity index (χ0) is 14.8. The van der Waals surface area contributed by atoms with E-state index in [1.165, 1.54) is 24.2 Å². The first-order valence-electron chi connectivity index (χ1n) is 6.95. The average Bonchev–Trinajstić information content (AvgIpc) is 3.20. The molecule has 0 atom stereocenters. The van der Waals surface area contributed by atoms with Gasteiger partial charge in [-0.2, -0.15) is 0 Å². The van der Waals surface area contributed by atoms with Crippen LogP contribution in [-0.2, 0) is 13.1 Å². The molecule has 2 heterocycles. The van der Waals surface area contributed by atoms with Crippen molar-refractivity contribution in [2.75, 3.05) is 11.9 Å². The van der Waals surface area contributed by atoms with Crippen LogP contribution in [-0.4, -0.2) is 18.1 Å². The van der Waals surface area contributed by atoms with Crippen molar-refractivity contribution in [2.45, 2.75) is 32.0 Å². The van der Waals surface area contributed by atoms with Crippen LogP contribution in [0.15, 0.2) is 24.4 Å². The molecule has 0 spiro atoms. The zero-order valence-corrected chi connectivity index (χ0v) is 13.3. The van der Waals surface area contributed by atoms with Crippen molar-refractivity contribution in [1.29, 1.82) is 0 Å². The molecule has 1 aliphatic carbocycles. The fourth-order valence-corrected chi connectivity index (χ4v) is 3.30. The van der Waals surface area contributed by atoms with Crippen LogP contribution in [0.4, 0.5) is 10.2 Å². The predicted octanol–water partition coefficient (Wildman–Crippen LogP) is 3.82. The Balaban J connectivity index is 1.72. The highest BCUT2D eigenvalue weighted by atomic mass is 35.5. The molecule has 2 aromatic rings. The van der Waals surface area contributed by atoms with E-state index in [4.69, 9.17) is 11.6 Å². The molecule has 0 aromatic carbocycles. The normalized spacial score (nSPS) is 14.4. The van der Waals surface area contributed by atoms with Crippen LogP contribution in [0.2, 0.25) is 4.34 Å². The number of anilines is 1. The first-order valence-corrected chi connectivity index (χ1v) is 8.15. The molecule has 0 saturated heterocycles. The summed E-state index contributed by atoms with van der Waals surface area (Å²) in [7, 11) is 1.84. The molecule has 2 aromatic heterocycles. The van der Waals surface area contributed by atoms with Gasteiger partial charge in [-0.15, -0.1) is 11.3 Å². The van der Waals surface area contributed by atoms with Crippen LogP contribution in [0.1, 0.15) is 23.3 Å². The smallest absolute Gasteiger partial charge is 0.170 e. The van der Waals surface area contributed by atoms with E-state index in [0.717, 1.165) is 9.21 Å². The van der Waals surface area contributed by atoms with Gasteiger partial charge in [-0.3, -0.25) is 0 Å². The van der Waals surface area contributed by atoms with Gasteiger partial charge in [0.15, 0.2) is 11.6 Å². The van der Waals surface area contributed by atoms with Crippen LogP contribution < -0.4 is 10.2 Å². The van der Waals surface area contributed by atoms with Crippen molar-refractivity contribution >= 4 is 28.8 Å². The average molecular weight is 326 g/mol. The predicted molar refractivity (Wildman–Crippen MR) is 85.5 cm³/mol. The number of halogens is 2. The number of hydrogen-bond acceptors (Lipinski definition) is 4. The number of hydrogen-bond donors (Lipinski definition) is 1. The molecule has 1 fully saturated rings. The molecular formula is C15H17ClFN3S. The molecule has 1 saturated carbocycles. The summed E-state index contributed by atoms with van der Waals surface area (Å²) in [4.78, 5) is 7.09. The standard InChI is InChI=1S/C15H17ClFN3S/c1-20(9-12-4-5-13(16)21-12)15-14(17)10(6-7-18-15)8-19-11-2-3-11/h4-7,11,19H,2-3,8-9H2,1H3. The van der Waals surface area contributed by atoms with Gasteiger partial charge in [0, 0.05) is 36.3 Å². The van der Waals surface area contributed by atoms with Crippen molar-refractivity contribution in [1.82, 2.24) is 10.3 Å². The van der Waals surface area contributed by atoms with E-state index in [-0.39, 0.29) is 5.82 Å². The first kappa shape index (κ1) is 14.8. The molecule has 1 N–H and O–H groups in total.